The first-order valence-electron chi connectivity index (χ1n) is 5.84. The van der Waals surface area contributed by atoms with Gasteiger partial charge >= 0.3 is 5.97 Å². The minimum atomic E-state index is -0.885. The first-order valence-corrected chi connectivity index (χ1v) is 8.15. The maximum Gasteiger partial charge on any atom is 0.327 e. The van der Waals surface area contributed by atoms with Crippen molar-refractivity contribution in [3.63, 3.8) is 0 Å². The van der Waals surface area contributed by atoms with Gasteiger partial charge in [0.05, 0.1) is 5.75 Å². The topological polar surface area (TPSA) is 57.6 Å². The van der Waals surface area contributed by atoms with E-state index >= 15 is 0 Å². The molecule has 17 heavy (non-hydrogen) atoms. The van der Waals surface area contributed by atoms with Crippen LogP contribution in [0.1, 0.15) is 19.8 Å². The molecule has 1 rings (SSSR count). The van der Waals surface area contributed by atoms with Gasteiger partial charge in [-0.25, -0.2) is 4.79 Å². The maximum atomic E-state index is 11.9. The minimum Gasteiger partial charge on any atom is -0.480 e. The molecule has 0 saturated carbocycles. The van der Waals surface area contributed by atoms with Crippen LogP contribution < -0.4 is 0 Å². The molecule has 1 saturated heterocycles. The average Bonchev–Trinajstić information content (AvgIpc) is 2.34. The molecule has 1 aliphatic rings. The van der Waals surface area contributed by atoms with Gasteiger partial charge in [0, 0.05) is 18.1 Å². The van der Waals surface area contributed by atoms with Crippen molar-refractivity contribution in [1.29, 1.82) is 0 Å². The average molecular weight is 277 g/mol. The number of carbonyl (C=O) groups is 2. The fourth-order valence-corrected chi connectivity index (χ4v) is 3.61. The van der Waals surface area contributed by atoms with Crippen LogP contribution in [0.25, 0.3) is 0 Å². The molecule has 1 amide bonds. The molecule has 1 aliphatic heterocycles. The summed E-state index contributed by atoms with van der Waals surface area (Å²) in [6.45, 7) is 2.68. The SMILES string of the molecule is CCCCSCC(=O)N1CCSCC1C(=O)O. The highest BCUT2D eigenvalue weighted by Crippen LogP contribution is 2.18. The van der Waals surface area contributed by atoms with Gasteiger partial charge in [-0.2, -0.15) is 23.5 Å². The fourth-order valence-electron chi connectivity index (χ4n) is 1.60. The number of carbonyl (C=O) groups excluding carboxylic acids is 1. The van der Waals surface area contributed by atoms with E-state index in [1.54, 1.807) is 23.5 Å². The standard InChI is InChI=1S/C11H19NO3S2/c1-2-3-5-16-8-10(13)12-4-6-17-7-9(12)11(14)15/h9H,2-8H2,1H3,(H,14,15). The third-order valence-electron chi connectivity index (χ3n) is 2.60. The zero-order valence-corrected chi connectivity index (χ0v) is 11.7. The summed E-state index contributed by atoms with van der Waals surface area (Å²) in [5, 5.41) is 9.05. The van der Waals surface area contributed by atoms with Crippen molar-refractivity contribution in [2.75, 3.05) is 29.6 Å². The Morgan fingerprint density at radius 1 is 1.53 bits per heavy atom. The molecule has 4 nitrogen and oxygen atoms in total. The Bertz CT molecular complexity index is 273. The summed E-state index contributed by atoms with van der Waals surface area (Å²) in [7, 11) is 0. The summed E-state index contributed by atoms with van der Waals surface area (Å²) in [6, 6.07) is -0.631. The van der Waals surface area contributed by atoms with Crippen LogP contribution in [-0.2, 0) is 9.59 Å². The number of thioether (sulfide) groups is 2. The number of hydrogen-bond donors (Lipinski definition) is 1. The van der Waals surface area contributed by atoms with Gasteiger partial charge in [-0.05, 0) is 12.2 Å². The lowest BCUT2D eigenvalue weighted by Gasteiger charge is -2.32. The van der Waals surface area contributed by atoms with Gasteiger partial charge in [-0.15, -0.1) is 0 Å². The van der Waals surface area contributed by atoms with Gasteiger partial charge < -0.3 is 10.0 Å². The highest BCUT2D eigenvalue weighted by Gasteiger charge is 2.31. The molecular formula is C11H19NO3S2. The second kappa shape index (κ2) is 7.87. The predicted molar refractivity (Wildman–Crippen MR) is 72.7 cm³/mol. The van der Waals surface area contributed by atoms with E-state index < -0.39 is 12.0 Å². The third kappa shape index (κ3) is 4.79. The van der Waals surface area contributed by atoms with Gasteiger partial charge in [-0.3, -0.25) is 4.79 Å². The maximum absolute atomic E-state index is 11.9. The highest BCUT2D eigenvalue weighted by molar-refractivity contribution is 8.00. The molecule has 0 aliphatic carbocycles. The summed E-state index contributed by atoms with van der Waals surface area (Å²) < 4.78 is 0. The van der Waals surface area contributed by atoms with Crippen molar-refractivity contribution in [2.45, 2.75) is 25.8 Å². The lowest BCUT2D eigenvalue weighted by Crippen LogP contribution is -2.51. The second-order valence-electron chi connectivity index (χ2n) is 3.92. The van der Waals surface area contributed by atoms with Crippen LogP contribution in [0.3, 0.4) is 0 Å². The molecule has 0 aromatic heterocycles. The quantitative estimate of drug-likeness (QED) is 0.747. The Balaban J connectivity index is 2.39. The van der Waals surface area contributed by atoms with Gasteiger partial charge in [0.1, 0.15) is 6.04 Å². The van der Waals surface area contributed by atoms with E-state index in [-0.39, 0.29) is 5.91 Å². The molecule has 0 bridgehead atoms. The normalized spacial score (nSPS) is 20.3. The molecule has 1 heterocycles. The number of amides is 1. The van der Waals surface area contributed by atoms with Crippen LogP contribution in [-0.4, -0.2) is 57.5 Å². The summed E-state index contributed by atoms with van der Waals surface area (Å²) in [6.07, 6.45) is 2.23. The van der Waals surface area contributed by atoms with E-state index in [2.05, 4.69) is 6.92 Å². The molecule has 1 N–H and O–H groups in total. The first-order chi connectivity index (χ1) is 8.16. The van der Waals surface area contributed by atoms with Gasteiger partial charge in [0.25, 0.3) is 0 Å². The second-order valence-corrected chi connectivity index (χ2v) is 6.18. The molecule has 0 radical (unpaired) electrons. The zero-order chi connectivity index (χ0) is 12.7. The van der Waals surface area contributed by atoms with Gasteiger partial charge in [0.2, 0.25) is 5.91 Å². The van der Waals surface area contributed by atoms with Crippen molar-refractivity contribution in [2.24, 2.45) is 0 Å². The van der Waals surface area contributed by atoms with E-state index in [4.69, 9.17) is 5.11 Å². The van der Waals surface area contributed by atoms with Crippen molar-refractivity contribution < 1.29 is 14.7 Å². The van der Waals surface area contributed by atoms with Crippen LogP contribution in [0.15, 0.2) is 0 Å². The van der Waals surface area contributed by atoms with Crippen LogP contribution in [0.4, 0.5) is 0 Å². The number of hydrogen-bond acceptors (Lipinski definition) is 4. The van der Waals surface area contributed by atoms with Crippen molar-refractivity contribution in [3.8, 4) is 0 Å². The van der Waals surface area contributed by atoms with Gasteiger partial charge in [0.15, 0.2) is 0 Å². The van der Waals surface area contributed by atoms with E-state index in [9.17, 15) is 9.59 Å². The molecule has 1 fully saturated rings. The number of unbranched alkanes of at least 4 members (excludes halogenated alkanes) is 1. The number of nitrogens with zero attached hydrogens (tertiary/aromatic N) is 1. The molecule has 0 spiro atoms. The van der Waals surface area contributed by atoms with Crippen LogP contribution >= 0.6 is 23.5 Å². The number of carboxylic acids is 1. The lowest BCUT2D eigenvalue weighted by atomic mass is 10.2. The zero-order valence-electron chi connectivity index (χ0n) is 10.1. The minimum absolute atomic E-state index is 0.0289. The smallest absolute Gasteiger partial charge is 0.327 e. The highest BCUT2D eigenvalue weighted by atomic mass is 32.2. The van der Waals surface area contributed by atoms with E-state index in [0.717, 1.165) is 24.3 Å². The van der Waals surface area contributed by atoms with E-state index in [1.165, 1.54) is 4.90 Å². The Morgan fingerprint density at radius 3 is 2.94 bits per heavy atom. The van der Waals surface area contributed by atoms with Crippen molar-refractivity contribution in [3.05, 3.63) is 0 Å². The molecule has 1 atom stereocenters. The molecule has 0 aromatic carbocycles. The Labute approximate surface area is 111 Å². The molecular weight excluding hydrogens is 258 g/mol. The molecule has 0 aromatic rings. The monoisotopic (exact) mass is 277 g/mol. The Hall–Kier alpha value is -0.360. The van der Waals surface area contributed by atoms with E-state index in [0.29, 0.717) is 18.1 Å². The Morgan fingerprint density at radius 2 is 2.29 bits per heavy atom. The molecule has 98 valence electrons. The summed E-state index contributed by atoms with van der Waals surface area (Å²) in [4.78, 5) is 24.5. The summed E-state index contributed by atoms with van der Waals surface area (Å²) in [5.74, 6) is 1.83. The summed E-state index contributed by atoms with van der Waals surface area (Å²) >= 11 is 3.21. The van der Waals surface area contributed by atoms with E-state index in [1.807, 2.05) is 0 Å². The predicted octanol–water partition coefficient (Wildman–Crippen LogP) is 1.55. The van der Waals surface area contributed by atoms with Crippen molar-refractivity contribution >= 4 is 35.4 Å². The lowest BCUT2D eigenvalue weighted by molar-refractivity contribution is -0.148. The first kappa shape index (κ1) is 14.7. The number of carboxylic acid groups (broad SMARTS) is 1. The largest absolute Gasteiger partial charge is 0.480 e. The third-order valence-corrected chi connectivity index (χ3v) is 4.65. The Kier molecular flexibility index (Phi) is 6.80. The van der Waals surface area contributed by atoms with Gasteiger partial charge in [-0.1, -0.05) is 13.3 Å². The number of aliphatic carboxylic acids is 1. The van der Waals surface area contributed by atoms with Crippen LogP contribution in [0.2, 0.25) is 0 Å². The molecule has 1 unspecified atom stereocenters. The summed E-state index contributed by atoms with van der Waals surface area (Å²) in [5.41, 5.74) is 0. The van der Waals surface area contributed by atoms with Crippen LogP contribution in [0.5, 0.6) is 0 Å². The van der Waals surface area contributed by atoms with Crippen LogP contribution in [0, 0.1) is 0 Å². The fraction of sp³-hybridized carbons (Fsp3) is 0.818. The number of rotatable bonds is 6. The molecule has 6 heteroatoms. The van der Waals surface area contributed by atoms with Crippen molar-refractivity contribution in [1.82, 2.24) is 4.90 Å².